The van der Waals surface area contributed by atoms with Crippen LogP contribution in [0.3, 0.4) is 0 Å². The highest BCUT2D eigenvalue weighted by molar-refractivity contribution is 7.27. The van der Waals surface area contributed by atoms with Gasteiger partial charge in [0.15, 0.2) is 0 Å². The molecule has 0 saturated carbocycles. The Bertz CT molecular complexity index is 9290. The van der Waals surface area contributed by atoms with Gasteiger partial charge in [-0.3, -0.25) is 0 Å². The molecule has 29 rings (SSSR count). The van der Waals surface area contributed by atoms with Crippen LogP contribution in [0.4, 0.5) is 0 Å². The molecule has 0 bridgehead atoms. The highest BCUT2D eigenvalue weighted by atomic mass is 32.1. The van der Waals surface area contributed by atoms with Crippen LogP contribution in [0, 0.1) is 0 Å². The van der Waals surface area contributed by atoms with E-state index < -0.39 is 0 Å². The normalized spacial score (nSPS) is 11.7. The third kappa shape index (κ3) is 13.2. The van der Waals surface area contributed by atoms with E-state index in [1.54, 1.807) is 0 Å². The molecule has 0 N–H and O–H groups in total. The first-order valence-corrected chi connectivity index (χ1v) is 48.0. The van der Waals surface area contributed by atoms with Gasteiger partial charge >= 0.3 is 0 Å². The highest BCUT2D eigenvalue weighted by Gasteiger charge is 2.25. The maximum atomic E-state index is 6.39. The van der Waals surface area contributed by atoms with Gasteiger partial charge in [-0.15, -0.1) is 34.0 Å². The smallest absolute Gasteiger partial charge is 0.145 e. The average Bonchev–Trinajstić information content (AvgIpc) is 1.58. The summed E-state index contributed by atoms with van der Waals surface area (Å²) in [6.45, 7) is 0. The van der Waals surface area contributed by atoms with Gasteiger partial charge in [0.1, 0.15) is 11.2 Å². The van der Waals surface area contributed by atoms with E-state index in [0.29, 0.717) is 0 Å². The van der Waals surface area contributed by atoms with Gasteiger partial charge < -0.3 is 22.7 Å². The Balaban J connectivity index is 0.0000000934. The van der Waals surface area contributed by atoms with Gasteiger partial charge in [-0.2, -0.15) is 0 Å². The van der Waals surface area contributed by atoms with Crippen LogP contribution in [0.25, 0.3) is 248 Å². The van der Waals surface area contributed by atoms with Gasteiger partial charge in [0.2, 0.25) is 0 Å². The number of hydrogen-bond acceptors (Lipinski definition) is 4. The first-order valence-electron chi connectivity index (χ1n) is 45.6. The lowest BCUT2D eigenvalue weighted by Crippen LogP contribution is -1.96. The Kier molecular flexibility index (Phi) is 19.1. The zero-order valence-electron chi connectivity index (χ0n) is 72.6. The quantitative estimate of drug-likeness (QED) is 0.142. The van der Waals surface area contributed by atoms with Crippen LogP contribution in [0.1, 0.15) is 0 Å². The van der Waals surface area contributed by atoms with Gasteiger partial charge in [0, 0.05) is 132 Å². The van der Waals surface area contributed by atoms with Crippen molar-refractivity contribution in [3.63, 3.8) is 0 Å². The first-order chi connectivity index (χ1) is 66.5. The molecular weight excluding hydrogens is 1680 g/mol. The number of aromatic nitrogens is 4. The SMILES string of the molecule is c1ccc(-c2cc(-c3ccccc3)cc(-n3c4ccccc4c4c5sc6ccccc6c5ccc43)c2)cc1.c1ccc(-c2ccc(-n3c4ccccc4c4c5oc6ccccc6c5ccc43)cc2)cc1.c1ccc(-c2ccc(-n3c4ccccc4c4c5sc6ccccc6c5ccc43)cc2)cc1.c1ccc(-c2cccc(-n3c4ccccc4c4c5sc6ccccc6c5ccc43)c2)cc1. The minimum absolute atomic E-state index is 0.930. The van der Waals surface area contributed by atoms with Crippen molar-refractivity contribution in [1.82, 2.24) is 18.3 Å². The van der Waals surface area contributed by atoms with E-state index in [0.717, 1.165) is 33.1 Å². The van der Waals surface area contributed by atoms with E-state index in [1.807, 2.05) is 46.1 Å². The molecule has 8 heteroatoms. The number of benzene rings is 21. The van der Waals surface area contributed by atoms with E-state index in [9.17, 15) is 0 Å². The van der Waals surface area contributed by atoms with Crippen molar-refractivity contribution in [2.24, 2.45) is 0 Å². The van der Waals surface area contributed by atoms with Crippen LogP contribution in [0.2, 0.25) is 0 Å². The zero-order chi connectivity index (χ0) is 88.3. The maximum absolute atomic E-state index is 6.39. The zero-order valence-corrected chi connectivity index (χ0v) is 75.1. The van der Waals surface area contributed by atoms with E-state index in [4.69, 9.17) is 4.42 Å². The summed E-state index contributed by atoms with van der Waals surface area (Å²) >= 11 is 5.70. The van der Waals surface area contributed by atoms with Crippen molar-refractivity contribution >= 4 is 204 Å². The van der Waals surface area contributed by atoms with Gasteiger partial charge in [0.25, 0.3) is 0 Å². The Morgan fingerprint density at radius 2 is 0.425 bits per heavy atom. The van der Waals surface area contributed by atoms with Crippen LogP contribution < -0.4 is 0 Å². The number of thiophene rings is 3. The van der Waals surface area contributed by atoms with E-state index in [1.165, 1.54) is 215 Å². The van der Waals surface area contributed by atoms with Crippen molar-refractivity contribution in [2.75, 3.05) is 0 Å². The number of rotatable bonds is 9. The number of hydrogen-bond donors (Lipinski definition) is 0. The van der Waals surface area contributed by atoms with E-state index >= 15 is 0 Å². The number of furan rings is 1. The summed E-state index contributed by atoms with van der Waals surface area (Å²) in [4.78, 5) is 0. The Labute approximate surface area is 783 Å². The second kappa shape index (κ2) is 32.7. The molecule has 0 fully saturated rings. The monoisotopic (exact) mass is 1760 g/mol. The molecule has 21 aromatic carbocycles. The van der Waals surface area contributed by atoms with E-state index in [-0.39, 0.29) is 0 Å². The summed E-state index contributed by atoms with van der Waals surface area (Å²) < 4.78 is 24.1. The molecule has 134 heavy (non-hydrogen) atoms. The maximum Gasteiger partial charge on any atom is 0.145 e. The fourth-order valence-corrected chi connectivity index (χ4v) is 24.5. The van der Waals surface area contributed by atoms with E-state index in [2.05, 4.69) is 491 Å². The molecule has 29 aromatic rings. The lowest BCUT2D eigenvalue weighted by atomic mass is 9.98. The molecule has 0 saturated heterocycles. The molecule has 0 amide bonds. The lowest BCUT2D eigenvalue weighted by molar-refractivity contribution is 0.673. The number of para-hydroxylation sites is 5. The molecule has 0 aliphatic rings. The molecular formula is C126H80N4OS3. The van der Waals surface area contributed by atoms with Gasteiger partial charge in [-0.05, 0) is 189 Å². The predicted octanol–water partition coefficient (Wildman–Crippen LogP) is 36.5. The second-order valence-corrected chi connectivity index (χ2v) is 37.5. The third-order valence-electron chi connectivity index (χ3n) is 26.8. The Morgan fingerprint density at radius 1 is 0.149 bits per heavy atom. The molecule has 628 valence electrons. The van der Waals surface area contributed by atoms with Crippen molar-refractivity contribution in [3.8, 4) is 78.4 Å². The fourth-order valence-electron chi connectivity index (χ4n) is 20.7. The second-order valence-electron chi connectivity index (χ2n) is 34.4. The molecule has 0 atom stereocenters. The summed E-state index contributed by atoms with van der Waals surface area (Å²) in [5.41, 5.74) is 28.7. The van der Waals surface area contributed by atoms with Crippen molar-refractivity contribution in [2.45, 2.75) is 0 Å². The van der Waals surface area contributed by atoms with Crippen molar-refractivity contribution in [3.05, 3.63) is 485 Å². The third-order valence-corrected chi connectivity index (χ3v) is 30.4. The first kappa shape index (κ1) is 78.3. The van der Waals surface area contributed by atoms with Crippen molar-refractivity contribution < 1.29 is 4.42 Å². The van der Waals surface area contributed by atoms with Crippen LogP contribution >= 0.6 is 34.0 Å². The summed E-state index contributed by atoms with van der Waals surface area (Å²) in [5.74, 6) is 0. The van der Waals surface area contributed by atoms with Gasteiger partial charge in [-0.25, -0.2) is 0 Å². The van der Waals surface area contributed by atoms with Gasteiger partial charge in [0.05, 0.1) is 49.5 Å². The topological polar surface area (TPSA) is 32.9 Å². The average molecular weight is 1760 g/mol. The highest BCUT2D eigenvalue weighted by Crippen LogP contribution is 2.50. The molecule has 0 aliphatic heterocycles. The number of nitrogens with zero attached hydrogens (tertiary/aromatic N) is 4. The van der Waals surface area contributed by atoms with Crippen molar-refractivity contribution in [1.29, 1.82) is 0 Å². The molecule has 0 unspecified atom stereocenters. The summed E-state index contributed by atoms with van der Waals surface area (Å²) in [6.07, 6.45) is 0. The summed E-state index contributed by atoms with van der Waals surface area (Å²) in [7, 11) is 0. The summed E-state index contributed by atoms with van der Waals surface area (Å²) in [6, 6.07) is 174. The predicted molar refractivity (Wildman–Crippen MR) is 576 cm³/mol. The standard InChI is InChI=1S/C36H23NS.C30H19NO.2C30H19NS/c1-3-11-24(12-4-1)26-21-27(25-13-5-2-6-14-25)23-28(22-26)37-32-17-9-7-16-31(32)35-33(37)20-19-30-29-15-8-10-18-34(29)38-36(30)35;1-2-8-20(9-3-1)21-14-16-22(17-15-21)31-26-12-6-4-11-25(26)29-27(31)19-18-24-23-10-5-7-13-28(23)32-30(24)29;1-2-9-20(10-3-1)21-11-8-12-22(19-21)31-26-15-6-4-14-25(26)29-27(31)18-17-24-23-13-5-7-16-28(23)32-30(24)29;1-2-8-20(9-3-1)21-14-16-22(17-15-21)31-26-12-6-4-11-25(26)29-27(31)19-18-24-23-10-5-7-13-28(23)32-30(24)29/h1-23H;3*1-19H. The van der Waals surface area contributed by atoms with Gasteiger partial charge in [-0.1, -0.05) is 352 Å². The molecule has 8 aromatic heterocycles. The lowest BCUT2D eigenvalue weighted by Gasteiger charge is -2.14. The molecule has 8 heterocycles. The Morgan fingerprint density at radius 3 is 0.821 bits per heavy atom. The fraction of sp³-hybridized carbons (Fsp3) is 0. The van der Waals surface area contributed by atoms with Crippen LogP contribution in [-0.4, -0.2) is 18.3 Å². The largest absolute Gasteiger partial charge is 0.455 e. The van der Waals surface area contributed by atoms with Crippen LogP contribution in [-0.2, 0) is 0 Å². The summed E-state index contributed by atoms with van der Waals surface area (Å²) in [5, 5.41) is 20.7. The number of fused-ring (bicyclic) bond motifs is 28. The molecule has 5 nitrogen and oxygen atoms in total. The van der Waals surface area contributed by atoms with Crippen LogP contribution in [0.15, 0.2) is 490 Å². The minimum Gasteiger partial charge on any atom is -0.455 e. The van der Waals surface area contributed by atoms with Crippen LogP contribution in [0.5, 0.6) is 0 Å². The minimum atomic E-state index is 0.930. The molecule has 0 aliphatic carbocycles. The Hall–Kier alpha value is -16.7. The molecule has 0 radical (unpaired) electrons. The molecule has 0 spiro atoms.